The Morgan fingerprint density at radius 2 is 1.81 bits per heavy atom. The van der Waals surface area contributed by atoms with Crippen molar-refractivity contribution in [2.75, 3.05) is 24.3 Å². The topological polar surface area (TPSA) is 59.1 Å². The van der Waals surface area contributed by atoms with Crippen LogP contribution in [0, 0.1) is 12.7 Å². The second-order valence-corrected chi connectivity index (χ2v) is 5.84. The summed E-state index contributed by atoms with van der Waals surface area (Å²) >= 11 is 0. The maximum absolute atomic E-state index is 13.0. The van der Waals surface area contributed by atoms with Gasteiger partial charge in [0.15, 0.2) is 0 Å². The SMILES string of the molecule is COc1ccccc1CCNc1nc(C)cc(Nc2ccc(F)cc2)n1. The lowest BCUT2D eigenvalue weighted by molar-refractivity contribution is 0.410. The Bertz CT molecular complexity index is 868. The van der Waals surface area contributed by atoms with Crippen molar-refractivity contribution in [3.8, 4) is 5.75 Å². The third kappa shape index (κ3) is 4.69. The van der Waals surface area contributed by atoms with Crippen LogP contribution < -0.4 is 15.4 Å². The number of aryl methyl sites for hydroxylation is 1. The van der Waals surface area contributed by atoms with E-state index in [9.17, 15) is 4.39 Å². The van der Waals surface area contributed by atoms with Gasteiger partial charge in [-0.15, -0.1) is 0 Å². The number of ether oxygens (including phenoxy) is 1. The number of nitrogens with zero attached hydrogens (tertiary/aromatic N) is 2. The first kappa shape index (κ1) is 17.7. The first-order chi connectivity index (χ1) is 12.6. The van der Waals surface area contributed by atoms with Crippen LogP contribution in [-0.4, -0.2) is 23.6 Å². The number of methoxy groups -OCH3 is 1. The van der Waals surface area contributed by atoms with Crippen molar-refractivity contribution in [2.24, 2.45) is 0 Å². The predicted octanol–water partition coefficient (Wildman–Crippen LogP) is 4.33. The molecule has 0 unspecified atom stereocenters. The van der Waals surface area contributed by atoms with Crippen molar-refractivity contribution in [3.63, 3.8) is 0 Å². The van der Waals surface area contributed by atoms with Crippen LogP contribution in [0.2, 0.25) is 0 Å². The summed E-state index contributed by atoms with van der Waals surface area (Å²) in [6, 6.07) is 15.9. The molecule has 1 heterocycles. The molecule has 134 valence electrons. The lowest BCUT2D eigenvalue weighted by atomic mass is 10.1. The summed E-state index contributed by atoms with van der Waals surface area (Å²) < 4.78 is 18.4. The van der Waals surface area contributed by atoms with Crippen LogP contribution in [0.25, 0.3) is 0 Å². The van der Waals surface area contributed by atoms with E-state index in [-0.39, 0.29) is 5.82 Å². The van der Waals surface area contributed by atoms with Crippen LogP contribution >= 0.6 is 0 Å². The van der Waals surface area contributed by atoms with Gasteiger partial charge in [-0.3, -0.25) is 0 Å². The predicted molar refractivity (Wildman–Crippen MR) is 102 cm³/mol. The van der Waals surface area contributed by atoms with Crippen LogP contribution in [0.15, 0.2) is 54.6 Å². The van der Waals surface area contributed by atoms with E-state index < -0.39 is 0 Å². The molecule has 0 atom stereocenters. The number of hydrogen-bond donors (Lipinski definition) is 2. The van der Waals surface area contributed by atoms with Gasteiger partial charge in [-0.2, -0.15) is 4.98 Å². The highest BCUT2D eigenvalue weighted by atomic mass is 19.1. The molecule has 5 nitrogen and oxygen atoms in total. The number of nitrogens with one attached hydrogen (secondary N) is 2. The zero-order valence-electron chi connectivity index (χ0n) is 14.8. The molecule has 0 aliphatic rings. The highest BCUT2D eigenvalue weighted by molar-refractivity contribution is 5.57. The van der Waals surface area contributed by atoms with Gasteiger partial charge in [0, 0.05) is 24.0 Å². The fourth-order valence-corrected chi connectivity index (χ4v) is 2.61. The van der Waals surface area contributed by atoms with Crippen molar-refractivity contribution in [3.05, 3.63) is 71.7 Å². The van der Waals surface area contributed by atoms with E-state index in [2.05, 4.69) is 20.6 Å². The summed E-state index contributed by atoms with van der Waals surface area (Å²) in [6.07, 6.45) is 0.794. The van der Waals surface area contributed by atoms with E-state index in [0.717, 1.165) is 29.1 Å². The van der Waals surface area contributed by atoms with E-state index in [0.29, 0.717) is 18.3 Å². The Kier molecular flexibility index (Phi) is 5.63. The molecule has 3 rings (SSSR count). The lowest BCUT2D eigenvalue weighted by Gasteiger charge is -2.11. The van der Waals surface area contributed by atoms with Gasteiger partial charge in [0.25, 0.3) is 0 Å². The average Bonchev–Trinajstić information content (AvgIpc) is 2.64. The molecule has 1 aromatic heterocycles. The van der Waals surface area contributed by atoms with Gasteiger partial charge in [0.05, 0.1) is 7.11 Å². The van der Waals surface area contributed by atoms with Crippen molar-refractivity contribution < 1.29 is 9.13 Å². The zero-order valence-corrected chi connectivity index (χ0v) is 14.8. The van der Waals surface area contributed by atoms with E-state index >= 15 is 0 Å². The number of benzene rings is 2. The molecule has 2 N–H and O–H groups in total. The van der Waals surface area contributed by atoms with Gasteiger partial charge in [-0.05, 0) is 49.2 Å². The fourth-order valence-electron chi connectivity index (χ4n) is 2.61. The molecule has 0 radical (unpaired) electrons. The summed E-state index contributed by atoms with van der Waals surface area (Å²) in [5.41, 5.74) is 2.73. The Balaban J connectivity index is 1.65. The van der Waals surface area contributed by atoms with Gasteiger partial charge < -0.3 is 15.4 Å². The first-order valence-corrected chi connectivity index (χ1v) is 8.38. The Morgan fingerprint density at radius 1 is 1.04 bits per heavy atom. The number of halogens is 1. The van der Waals surface area contributed by atoms with Gasteiger partial charge in [-0.1, -0.05) is 18.2 Å². The zero-order chi connectivity index (χ0) is 18.4. The van der Waals surface area contributed by atoms with Crippen LogP contribution in [0.5, 0.6) is 5.75 Å². The summed E-state index contributed by atoms with van der Waals surface area (Å²) in [5, 5.41) is 6.40. The third-order valence-corrected chi connectivity index (χ3v) is 3.84. The Labute approximate surface area is 152 Å². The summed E-state index contributed by atoms with van der Waals surface area (Å²) in [5.74, 6) is 1.81. The van der Waals surface area contributed by atoms with Crippen LogP contribution in [0.4, 0.5) is 21.8 Å². The first-order valence-electron chi connectivity index (χ1n) is 8.38. The van der Waals surface area contributed by atoms with Crippen molar-refractivity contribution >= 4 is 17.5 Å². The Hall–Kier alpha value is -3.15. The molecule has 0 saturated heterocycles. The molecule has 26 heavy (non-hydrogen) atoms. The van der Waals surface area contributed by atoms with Gasteiger partial charge in [-0.25, -0.2) is 9.37 Å². The number of para-hydroxylation sites is 1. The maximum atomic E-state index is 13.0. The molecule has 6 heteroatoms. The van der Waals surface area contributed by atoms with Crippen molar-refractivity contribution in [1.29, 1.82) is 0 Å². The Morgan fingerprint density at radius 3 is 2.58 bits per heavy atom. The van der Waals surface area contributed by atoms with Crippen LogP contribution in [-0.2, 0) is 6.42 Å². The number of rotatable bonds is 7. The third-order valence-electron chi connectivity index (χ3n) is 3.84. The molecule has 2 aromatic carbocycles. The van der Waals surface area contributed by atoms with E-state index in [1.807, 2.05) is 37.3 Å². The monoisotopic (exact) mass is 352 g/mol. The normalized spacial score (nSPS) is 10.4. The second kappa shape index (κ2) is 8.29. The quantitative estimate of drug-likeness (QED) is 0.663. The van der Waals surface area contributed by atoms with Gasteiger partial charge >= 0.3 is 0 Å². The average molecular weight is 352 g/mol. The molecule has 0 spiro atoms. The standard InChI is InChI=1S/C20H21FN4O/c1-14-13-19(24-17-9-7-16(21)8-10-17)25-20(23-14)22-12-11-15-5-3-4-6-18(15)26-2/h3-10,13H,11-12H2,1-2H3,(H2,22,23,24,25). The van der Waals surface area contributed by atoms with Gasteiger partial charge in [0.1, 0.15) is 17.4 Å². The molecular formula is C20H21FN4O. The highest BCUT2D eigenvalue weighted by Gasteiger charge is 2.05. The second-order valence-electron chi connectivity index (χ2n) is 5.84. The minimum Gasteiger partial charge on any atom is -0.496 e. The minimum absolute atomic E-state index is 0.270. The fraction of sp³-hybridized carbons (Fsp3) is 0.200. The smallest absolute Gasteiger partial charge is 0.224 e. The largest absolute Gasteiger partial charge is 0.496 e. The van der Waals surface area contributed by atoms with Crippen molar-refractivity contribution in [2.45, 2.75) is 13.3 Å². The van der Waals surface area contributed by atoms with E-state index in [4.69, 9.17) is 4.74 Å². The number of aromatic nitrogens is 2. The molecule has 0 fully saturated rings. The highest BCUT2D eigenvalue weighted by Crippen LogP contribution is 2.19. The summed E-state index contributed by atoms with van der Waals surface area (Å²) in [4.78, 5) is 8.88. The van der Waals surface area contributed by atoms with Gasteiger partial charge in [0.2, 0.25) is 5.95 Å². The van der Waals surface area contributed by atoms with E-state index in [1.54, 1.807) is 19.2 Å². The number of anilines is 3. The molecule has 0 aliphatic heterocycles. The molecular weight excluding hydrogens is 331 g/mol. The van der Waals surface area contributed by atoms with Crippen LogP contribution in [0.3, 0.4) is 0 Å². The van der Waals surface area contributed by atoms with Crippen molar-refractivity contribution in [1.82, 2.24) is 9.97 Å². The summed E-state index contributed by atoms with van der Waals surface area (Å²) in [6.45, 7) is 2.59. The van der Waals surface area contributed by atoms with Crippen LogP contribution in [0.1, 0.15) is 11.3 Å². The maximum Gasteiger partial charge on any atom is 0.224 e. The molecule has 0 saturated carbocycles. The van der Waals surface area contributed by atoms with E-state index in [1.165, 1.54) is 12.1 Å². The molecule has 0 amide bonds. The molecule has 3 aromatic rings. The minimum atomic E-state index is -0.270. The molecule has 0 aliphatic carbocycles. The lowest BCUT2D eigenvalue weighted by Crippen LogP contribution is -2.10. The molecule has 0 bridgehead atoms. The number of hydrogen-bond acceptors (Lipinski definition) is 5. The summed E-state index contributed by atoms with van der Waals surface area (Å²) in [7, 11) is 1.67.